The lowest BCUT2D eigenvalue weighted by molar-refractivity contribution is -0.130. The van der Waals surface area contributed by atoms with Crippen molar-refractivity contribution >= 4 is 35.8 Å². The summed E-state index contributed by atoms with van der Waals surface area (Å²) in [5.41, 5.74) is 2.23. The summed E-state index contributed by atoms with van der Waals surface area (Å²) < 4.78 is 2.00. The van der Waals surface area contributed by atoms with Crippen LogP contribution in [0.3, 0.4) is 0 Å². The largest absolute Gasteiger partial charge is 0.357 e. The molecule has 1 N–H and O–H groups in total. The van der Waals surface area contributed by atoms with Crippen LogP contribution in [0.1, 0.15) is 19.4 Å². The number of hydrogen-bond donors (Lipinski definition) is 1. The van der Waals surface area contributed by atoms with E-state index in [1.54, 1.807) is 19.4 Å². The van der Waals surface area contributed by atoms with E-state index in [0.29, 0.717) is 6.54 Å². The third kappa shape index (κ3) is 5.44. The first kappa shape index (κ1) is 21.2. The zero-order valence-electron chi connectivity index (χ0n) is 15.8. The maximum atomic E-state index is 11.5. The zero-order chi connectivity index (χ0) is 18.4. The molecule has 0 saturated carbocycles. The number of imidazole rings is 1. The molecule has 0 aliphatic carbocycles. The Kier molecular flexibility index (Phi) is 8.08. The minimum atomic E-state index is 0. The van der Waals surface area contributed by atoms with Crippen LogP contribution in [0.5, 0.6) is 0 Å². The number of hydrogen-bond acceptors (Lipinski definition) is 3. The normalized spacial score (nSPS) is 14.7. The van der Waals surface area contributed by atoms with E-state index in [-0.39, 0.29) is 29.9 Å². The SMILES string of the molecule is CCNC(=NCc1ccccc1-n1ccnc1)N1CCN(C(C)=O)CC1.I. The van der Waals surface area contributed by atoms with Crippen LogP contribution < -0.4 is 5.32 Å². The van der Waals surface area contributed by atoms with Crippen LogP contribution in [-0.2, 0) is 11.3 Å². The maximum absolute atomic E-state index is 11.5. The van der Waals surface area contributed by atoms with Gasteiger partial charge < -0.3 is 19.7 Å². The molecule has 1 aliphatic rings. The summed E-state index contributed by atoms with van der Waals surface area (Å²) in [6, 6.07) is 8.22. The van der Waals surface area contributed by atoms with Gasteiger partial charge in [-0.3, -0.25) is 4.79 Å². The number of rotatable bonds is 4. The molecule has 1 aromatic carbocycles. The van der Waals surface area contributed by atoms with Crippen LogP contribution in [0.25, 0.3) is 5.69 Å². The Morgan fingerprint density at radius 2 is 1.89 bits per heavy atom. The molecule has 2 heterocycles. The molecule has 2 aromatic rings. The van der Waals surface area contributed by atoms with Crippen molar-refractivity contribution in [2.75, 3.05) is 32.7 Å². The molecule has 0 atom stereocenters. The third-order valence-corrected chi connectivity index (χ3v) is 4.53. The van der Waals surface area contributed by atoms with Crippen LogP contribution in [0.2, 0.25) is 0 Å². The monoisotopic (exact) mass is 482 g/mol. The van der Waals surface area contributed by atoms with Crippen molar-refractivity contribution in [1.82, 2.24) is 24.7 Å². The summed E-state index contributed by atoms with van der Waals surface area (Å²) in [5.74, 6) is 1.04. The fourth-order valence-electron chi connectivity index (χ4n) is 3.12. The lowest BCUT2D eigenvalue weighted by Gasteiger charge is -2.36. The zero-order valence-corrected chi connectivity index (χ0v) is 18.2. The summed E-state index contributed by atoms with van der Waals surface area (Å²) in [6.07, 6.45) is 5.52. The number of aliphatic imine (C=N–C) groups is 1. The third-order valence-electron chi connectivity index (χ3n) is 4.53. The quantitative estimate of drug-likeness (QED) is 0.412. The van der Waals surface area contributed by atoms with Crippen molar-refractivity contribution in [1.29, 1.82) is 0 Å². The first-order chi connectivity index (χ1) is 12.7. The van der Waals surface area contributed by atoms with Crippen molar-refractivity contribution in [3.8, 4) is 5.69 Å². The van der Waals surface area contributed by atoms with E-state index in [2.05, 4.69) is 34.3 Å². The van der Waals surface area contributed by atoms with Gasteiger partial charge in [0.1, 0.15) is 0 Å². The molecule has 3 rings (SSSR count). The van der Waals surface area contributed by atoms with E-state index in [9.17, 15) is 4.79 Å². The van der Waals surface area contributed by atoms with Crippen LogP contribution in [0.15, 0.2) is 48.0 Å². The number of nitrogens with zero attached hydrogens (tertiary/aromatic N) is 5. The Balaban J connectivity index is 0.00000261. The standard InChI is InChI=1S/C19H26N6O.HI/c1-3-21-19(24-12-10-23(11-13-24)16(2)26)22-14-17-6-4-5-7-18(17)25-9-8-20-15-25;/h4-9,15H,3,10-14H2,1-2H3,(H,21,22);1H. The molecule has 27 heavy (non-hydrogen) atoms. The number of para-hydroxylation sites is 1. The number of guanidine groups is 1. The topological polar surface area (TPSA) is 65.8 Å². The summed E-state index contributed by atoms with van der Waals surface area (Å²) >= 11 is 0. The van der Waals surface area contributed by atoms with E-state index >= 15 is 0 Å². The molecule has 0 spiro atoms. The molecule has 146 valence electrons. The molecule has 0 unspecified atom stereocenters. The minimum absolute atomic E-state index is 0. The predicted molar refractivity (Wildman–Crippen MR) is 118 cm³/mol. The molecular weight excluding hydrogens is 455 g/mol. The summed E-state index contributed by atoms with van der Waals surface area (Å²) in [6.45, 7) is 8.18. The molecule has 8 heteroatoms. The van der Waals surface area contributed by atoms with Gasteiger partial charge in [0, 0.05) is 52.0 Å². The smallest absolute Gasteiger partial charge is 0.219 e. The molecule has 1 aromatic heterocycles. The molecule has 0 radical (unpaired) electrons. The van der Waals surface area contributed by atoms with Crippen LogP contribution in [0.4, 0.5) is 0 Å². The second-order valence-electron chi connectivity index (χ2n) is 6.26. The Labute approximate surface area is 177 Å². The van der Waals surface area contributed by atoms with E-state index in [1.165, 1.54) is 0 Å². The van der Waals surface area contributed by atoms with Crippen molar-refractivity contribution in [3.63, 3.8) is 0 Å². The van der Waals surface area contributed by atoms with Gasteiger partial charge in [0.25, 0.3) is 0 Å². The average Bonchev–Trinajstić information content (AvgIpc) is 3.20. The average molecular weight is 482 g/mol. The van der Waals surface area contributed by atoms with Crippen LogP contribution in [-0.4, -0.2) is 63.9 Å². The number of benzene rings is 1. The highest BCUT2D eigenvalue weighted by atomic mass is 127. The van der Waals surface area contributed by atoms with Gasteiger partial charge in [-0.1, -0.05) is 18.2 Å². The van der Waals surface area contributed by atoms with E-state index in [1.807, 2.05) is 27.8 Å². The first-order valence-electron chi connectivity index (χ1n) is 9.04. The Morgan fingerprint density at radius 3 is 2.52 bits per heavy atom. The molecule has 1 saturated heterocycles. The Hall–Kier alpha value is -2.10. The molecule has 1 amide bonds. The Morgan fingerprint density at radius 1 is 1.19 bits per heavy atom. The highest BCUT2D eigenvalue weighted by Crippen LogP contribution is 2.15. The Bertz CT molecular complexity index is 753. The molecule has 7 nitrogen and oxygen atoms in total. The summed E-state index contributed by atoms with van der Waals surface area (Å²) in [7, 11) is 0. The number of aromatic nitrogens is 2. The predicted octanol–water partition coefficient (Wildman–Crippen LogP) is 2.12. The highest BCUT2D eigenvalue weighted by Gasteiger charge is 2.20. The van der Waals surface area contributed by atoms with E-state index < -0.39 is 0 Å². The summed E-state index contributed by atoms with van der Waals surface area (Å²) in [4.78, 5) is 24.6. The van der Waals surface area contributed by atoms with Gasteiger partial charge in [-0.2, -0.15) is 0 Å². The summed E-state index contributed by atoms with van der Waals surface area (Å²) in [5, 5.41) is 3.37. The first-order valence-corrected chi connectivity index (χ1v) is 9.04. The van der Waals surface area contributed by atoms with Gasteiger partial charge in [-0.05, 0) is 18.6 Å². The van der Waals surface area contributed by atoms with Gasteiger partial charge in [0.2, 0.25) is 5.91 Å². The van der Waals surface area contributed by atoms with E-state index in [4.69, 9.17) is 4.99 Å². The van der Waals surface area contributed by atoms with Crippen molar-refractivity contribution in [3.05, 3.63) is 48.5 Å². The van der Waals surface area contributed by atoms with Gasteiger partial charge in [-0.15, -0.1) is 24.0 Å². The number of nitrogens with one attached hydrogen (secondary N) is 1. The fourth-order valence-corrected chi connectivity index (χ4v) is 3.12. The molecule has 0 bridgehead atoms. The molecule has 1 fully saturated rings. The molecule has 1 aliphatic heterocycles. The van der Waals surface area contributed by atoms with Gasteiger partial charge in [0.05, 0.1) is 18.6 Å². The van der Waals surface area contributed by atoms with Gasteiger partial charge in [0.15, 0.2) is 5.96 Å². The van der Waals surface area contributed by atoms with Crippen LogP contribution >= 0.6 is 24.0 Å². The van der Waals surface area contributed by atoms with E-state index in [0.717, 1.165) is 49.9 Å². The number of piperazine rings is 1. The number of amides is 1. The minimum Gasteiger partial charge on any atom is -0.357 e. The fraction of sp³-hybridized carbons (Fsp3) is 0.421. The number of carbonyl (C=O) groups is 1. The van der Waals surface area contributed by atoms with Gasteiger partial charge in [-0.25, -0.2) is 9.98 Å². The lowest BCUT2D eigenvalue weighted by Crippen LogP contribution is -2.53. The molecular formula is C19H27IN6O. The van der Waals surface area contributed by atoms with Crippen molar-refractivity contribution in [2.24, 2.45) is 4.99 Å². The second kappa shape index (κ2) is 10.3. The van der Waals surface area contributed by atoms with Crippen LogP contribution in [0, 0.1) is 0 Å². The van der Waals surface area contributed by atoms with Crippen molar-refractivity contribution < 1.29 is 4.79 Å². The van der Waals surface area contributed by atoms with Gasteiger partial charge >= 0.3 is 0 Å². The lowest BCUT2D eigenvalue weighted by atomic mass is 10.2. The van der Waals surface area contributed by atoms with Crippen molar-refractivity contribution in [2.45, 2.75) is 20.4 Å². The number of halogens is 1. The highest BCUT2D eigenvalue weighted by molar-refractivity contribution is 14.0. The number of carbonyl (C=O) groups excluding carboxylic acids is 1. The maximum Gasteiger partial charge on any atom is 0.219 e. The second-order valence-corrected chi connectivity index (χ2v) is 6.26.